The number of amides is 1. The zero-order valence-corrected chi connectivity index (χ0v) is 19.1. The van der Waals surface area contributed by atoms with Crippen molar-refractivity contribution in [1.82, 2.24) is 20.1 Å². The third-order valence-corrected chi connectivity index (χ3v) is 6.73. The number of carbonyl (C=O) groups is 1. The Labute approximate surface area is 200 Å². The highest BCUT2D eigenvalue weighted by molar-refractivity contribution is 7.98. The largest absolute Gasteiger partial charge is 0.339 e. The van der Waals surface area contributed by atoms with Crippen molar-refractivity contribution in [1.29, 1.82) is 0 Å². The first kappa shape index (κ1) is 20.7. The summed E-state index contributed by atoms with van der Waals surface area (Å²) in [6, 6.07) is 22.4. The highest BCUT2D eigenvalue weighted by Gasteiger charge is 2.18. The van der Waals surface area contributed by atoms with Crippen LogP contribution in [0.3, 0.4) is 0 Å². The van der Waals surface area contributed by atoms with Gasteiger partial charge in [0.05, 0.1) is 16.8 Å². The van der Waals surface area contributed by atoms with Crippen molar-refractivity contribution in [3.05, 3.63) is 89.6 Å². The molecule has 0 bridgehead atoms. The van der Waals surface area contributed by atoms with Gasteiger partial charge in [-0.05, 0) is 52.9 Å². The number of thioether (sulfide) groups is 1. The lowest BCUT2D eigenvalue weighted by Gasteiger charge is -2.07. The number of nitrogens with zero attached hydrogens (tertiary/aromatic N) is 3. The second-order valence-corrected chi connectivity index (χ2v) is 9.17. The Bertz CT molecular complexity index is 1470. The molecule has 0 radical (unpaired) electrons. The van der Waals surface area contributed by atoms with E-state index in [-0.39, 0.29) is 12.3 Å². The third-order valence-electron chi connectivity index (χ3n) is 5.86. The van der Waals surface area contributed by atoms with Crippen LogP contribution < -0.4 is 5.32 Å². The Morgan fingerprint density at radius 2 is 1.85 bits per heavy atom. The van der Waals surface area contributed by atoms with Crippen molar-refractivity contribution in [2.75, 3.05) is 5.32 Å². The lowest BCUT2D eigenvalue weighted by Crippen LogP contribution is -2.12. The Morgan fingerprint density at radius 3 is 2.79 bits per heavy atom. The number of hydrogen-bond donors (Lipinski definition) is 2. The summed E-state index contributed by atoms with van der Waals surface area (Å²) in [6.07, 6.45) is 1.56. The number of nitrogens with one attached hydrogen (secondary N) is 2. The number of imidazole rings is 1. The molecule has 2 heterocycles. The normalized spacial score (nSPS) is 12.0. The Morgan fingerprint density at radius 1 is 1.00 bits per heavy atom. The van der Waals surface area contributed by atoms with E-state index in [1.807, 2.05) is 30.3 Å². The van der Waals surface area contributed by atoms with Crippen LogP contribution >= 0.6 is 11.8 Å². The average molecular weight is 468 g/mol. The van der Waals surface area contributed by atoms with Gasteiger partial charge in [-0.25, -0.2) is 4.98 Å². The maximum Gasteiger partial charge on any atom is 0.227 e. The number of aromatic amines is 1. The zero-order valence-electron chi connectivity index (χ0n) is 18.2. The first-order valence-electron chi connectivity index (χ1n) is 11.1. The van der Waals surface area contributed by atoms with Gasteiger partial charge in [-0.2, -0.15) is 4.98 Å². The molecule has 0 atom stereocenters. The lowest BCUT2D eigenvalue weighted by atomic mass is 10.1. The molecule has 2 aromatic heterocycles. The molecule has 1 amide bonds. The van der Waals surface area contributed by atoms with Crippen LogP contribution in [0.15, 0.2) is 76.4 Å². The van der Waals surface area contributed by atoms with Crippen LogP contribution in [-0.2, 0) is 23.4 Å². The van der Waals surface area contributed by atoms with Crippen molar-refractivity contribution in [3.8, 4) is 11.1 Å². The summed E-state index contributed by atoms with van der Waals surface area (Å²) in [6.45, 7) is 0. The summed E-state index contributed by atoms with van der Waals surface area (Å²) in [5.74, 6) is 1.50. The SMILES string of the molecule is O=C(CCc1nc(CSc2nc3ccccc3[nH]2)no1)Nc1ccc2c(c1)Cc1ccccc1-2. The molecule has 0 unspecified atom stereocenters. The van der Waals surface area contributed by atoms with E-state index in [0.717, 1.165) is 28.3 Å². The van der Waals surface area contributed by atoms with E-state index in [1.54, 1.807) is 0 Å². The van der Waals surface area contributed by atoms with Gasteiger partial charge < -0.3 is 14.8 Å². The maximum absolute atomic E-state index is 12.5. The minimum absolute atomic E-state index is 0.0770. The summed E-state index contributed by atoms with van der Waals surface area (Å²) in [7, 11) is 0. The number of aromatic nitrogens is 4. The number of hydrogen-bond acceptors (Lipinski definition) is 6. The standard InChI is InChI=1S/C26H21N5O2S/c32-24(27-18-9-10-20-17(14-18)13-16-5-1-2-6-19(16)20)11-12-25-30-23(31-33-25)15-34-26-28-21-7-3-4-8-22(21)29-26/h1-10,14H,11-13,15H2,(H,27,32)(H,28,29). The highest BCUT2D eigenvalue weighted by atomic mass is 32.2. The number of H-pyrrole nitrogens is 1. The number of fused-ring (bicyclic) bond motifs is 4. The van der Waals surface area contributed by atoms with Crippen LogP contribution in [0.25, 0.3) is 22.2 Å². The van der Waals surface area contributed by atoms with Gasteiger partial charge in [-0.3, -0.25) is 4.79 Å². The van der Waals surface area contributed by atoms with Gasteiger partial charge in [0.2, 0.25) is 11.8 Å². The molecule has 3 aromatic carbocycles. The Hall–Kier alpha value is -3.91. The van der Waals surface area contributed by atoms with Crippen LogP contribution in [0.4, 0.5) is 5.69 Å². The summed E-state index contributed by atoms with van der Waals surface area (Å²) in [4.78, 5) is 24.7. The molecule has 0 saturated carbocycles. The van der Waals surface area contributed by atoms with Crippen molar-refractivity contribution in [2.24, 2.45) is 0 Å². The van der Waals surface area contributed by atoms with Gasteiger partial charge in [-0.15, -0.1) is 0 Å². The molecule has 0 aliphatic heterocycles. The quantitative estimate of drug-likeness (QED) is 0.306. The van der Waals surface area contributed by atoms with Crippen LogP contribution in [-0.4, -0.2) is 26.0 Å². The van der Waals surface area contributed by atoms with E-state index in [0.29, 0.717) is 23.9 Å². The molecule has 168 valence electrons. The third kappa shape index (κ3) is 4.20. The van der Waals surface area contributed by atoms with Crippen LogP contribution in [0.2, 0.25) is 0 Å². The summed E-state index contributed by atoms with van der Waals surface area (Å²) in [5.41, 5.74) is 7.82. The van der Waals surface area contributed by atoms with Gasteiger partial charge in [0.1, 0.15) is 0 Å². The average Bonchev–Trinajstić information content (AvgIpc) is 3.57. The van der Waals surface area contributed by atoms with Gasteiger partial charge in [0.25, 0.3) is 0 Å². The molecular formula is C26H21N5O2S. The first-order chi connectivity index (χ1) is 16.7. The number of para-hydroxylation sites is 2. The number of rotatable bonds is 7. The van der Waals surface area contributed by atoms with Gasteiger partial charge in [-0.1, -0.05) is 59.4 Å². The fourth-order valence-corrected chi connectivity index (χ4v) is 4.98. The molecule has 1 aliphatic carbocycles. The van der Waals surface area contributed by atoms with Crippen molar-refractivity contribution in [3.63, 3.8) is 0 Å². The van der Waals surface area contributed by atoms with Crippen molar-refractivity contribution < 1.29 is 9.32 Å². The molecule has 6 rings (SSSR count). The van der Waals surface area contributed by atoms with E-state index in [4.69, 9.17) is 4.52 Å². The molecule has 34 heavy (non-hydrogen) atoms. The molecule has 0 fully saturated rings. The van der Waals surface area contributed by atoms with Gasteiger partial charge in [0, 0.05) is 18.5 Å². The Kier molecular flexibility index (Phi) is 5.35. The van der Waals surface area contributed by atoms with Crippen LogP contribution in [0, 0.1) is 0 Å². The molecule has 5 aromatic rings. The second-order valence-electron chi connectivity index (χ2n) is 8.21. The fourth-order valence-electron chi connectivity index (χ4n) is 4.25. The van der Waals surface area contributed by atoms with Gasteiger partial charge in [0.15, 0.2) is 11.0 Å². The molecule has 8 heteroatoms. The first-order valence-corrected chi connectivity index (χ1v) is 12.1. The summed E-state index contributed by atoms with van der Waals surface area (Å²) >= 11 is 1.51. The maximum atomic E-state index is 12.5. The predicted molar refractivity (Wildman–Crippen MR) is 132 cm³/mol. The fraction of sp³-hybridized carbons (Fsp3) is 0.154. The topological polar surface area (TPSA) is 96.7 Å². The summed E-state index contributed by atoms with van der Waals surface area (Å²) in [5, 5.41) is 7.82. The number of benzene rings is 3. The van der Waals surface area contributed by atoms with Gasteiger partial charge >= 0.3 is 0 Å². The van der Waals surface area contributed by atoms with Crippen LogP contribution in [0.1, 0.15) is 29.3 Å². The summed E-state index contributed by atoms with van der Waals surface area (Å²) < 4.78 is 5.32. The molecule has 2 N–H and O–H groups in total. The minimum atomic E-state index is -0.0770. The van der Waals surface area contributed by atoms with E-state index in [9.17, 15) is 4.79 Å². The minimum Gasteiger partial charge on any atom is -0.339 e. The molecular weight excluding hydrogens is 446 g/mol. The number of carbonyl (C=O) groups excluding carboxylic acids is 1. The predicted octanol–water partition coefficient (Wildman–Crippen LogP) is 5.38. The smallest absolute Gasteiger partial charge is 0.227 e. The highest BCUT2D eigenvalue weighted by Crippen LogP contribution is 2.37. The number of aryl methyl sites for hydroxylation is 1. The van der Waals surface area contributed by atoms with E-state index >= 15 is 0 Å². The van der Waals surface area contributed by atoms with Crippen LogP contribution in [0.5, 0.6) is 0 Å². The number of anilines is 1. The van der Waals surface area contributed by atoms with E-state index in [1.165, 1.54) is 34.0 Å². The zero-order chi connectivity index (χ0) is 22.9. The lowest BCUT2D eigenvalue weighted by molar-refractivity contribution is -0.116. The van der Waals surface area contributed by atoms with E-state index < -0.39 is 0 Å². The van der Waals surface area contributed by atoms with E-state index in [2.05, 4.69) is 61.8 Å². The molecule has 0 spiro atoms. The monoisotopic (exact) mass is 467 g/mol. The Balaban J connectivity index is 1.02. The molecule has 0 saturated heterocycles. The molecule has 7 nitrogen and oxygen atoms in total. The molecule has 1 aliphatic rings. The van der Waals surface area contributed by atoms with Crippen molar-refractivity contribution >= 4 is 34.4 Å². The second kappa shape index (κ2) is 8.79. The van der Waals surface area contributed by atoms with Crippen molar-refractivity contribution in [2.45, 2.75) is 30.2 Å².